The summed E-state index contributed by atoms with van der Waals surface area (Å²) in [6, 6.07) is 0.361. The summed E-state index contributed by atoms with van der Waals surface area (Å²) < 4.78 is 0. The van der Waals surface area contributed by atoms with Gasteiger partial charge in [-0.1, -0.05) is 25.5 Å². The molecule has 3 heteroatoms. The Morgan fingerprint density at radius 3 is 2.56 bits per heavy atom. The van der Waals surface area contributed by atoms with Crippen LogP contribution in [0.25, 0.3) is 0 Å². The molecular formula is C6H14N2S. The van der Waals surface area contributed by atoms with Gasteiger partial charge in [0.15, 0.2) is 0 Å². The van der Waals surface area contributed by atoms with Crippen molar-refractivity contribution in [3.05, 3.63) is 11.5 Å². The van der Waals surface area contributed by atoms with Crippen molar-refractivity contribution >= 4 is 11.9 Å². The lowest BCUT2D eigenvalue weighted by atomic mass is 10.2. The van der Waals surface area contributed by atoms with Crippen LogP contribution in [0.15, 0.2) is 11.5 Å². The highest BCUT2D eigenvalue weighted by atomic mass is 32.2. The SMILES string of the molecule is C=C(SN)C(CC)NC. The largest absolute Gasteiger partial charge is 0.313 e. The van der Waals surface area contributed by atoms with Crippen LogP contribution >= 0.6 is 11.9 Å². The summed E-state index contributed by atoms with van der Waals surface area (Å²) in [6.07, 6.45) is 1.04. The second-order valence-corrected chi connectivity index (χ2v) is 2.59. The smallest absolute Gasteiger partial charge is 0.0381 e. The van der Waals surface area contributed by atoms with E-state index in [9.17, 15) is 0 Å². The third kappa shape index (κ3) is 2.89. The minimum Gasteiger partial charge on any atom is -0.313 e. The Balaban J connectivity index is 3.64. The van der Waals surface area contributed by atoms with E-state index in [2.05, 4.69) is 18.8 Å². The number of likely N-dealkylation sites (N-methyl/N-ethyl adjacent to an activating group) is 1. The summed E-state index contributed by atoms with van der Waals surface area (Å²) in [5.41, 5.74) is 0. The van der Waals surface area contributed by atoms with Gasteiger partial charge >= 0.3 is 0 Å². The number of hydrogen-bond acceptors (Lipinski definition) is 3. The topological polar surface area (TPSA) is 38.0 Å². The summed E-state index contributed by atoms with van der Waals surface area (Å²) in [6.45, 7) is 5.89. The Labute approximate surface area is 61.0 Å². The van der Waals surface area contributed by atoms with Crippen molar-refractivity contribution in [1.82, 2.24) is 5.32 Å². The van der Waals surface area contributed by atoms with E-state index in [0.29, 0.717) is 6.04 Å². The molecule has 0 aliphatic carbocycles. The molecule has 0 saturated carbocycles. The van der Waals surface area contributed by atoms with E-state index in [0.717, 1.165) is 11.3 Å². The van der Waals surface area contributed by atoms with Crippen molar-refractivity contribution in [2.75, 3.05) is 7.05 Å². The third-order valence-electron chi connectivity index (χ3n) is 1.30. The van der Waals surface area contributed by atoms with Crippen LogP contribution in [0.2, 0.25) is 0 Å². The average molecular weight is 146 g/mol. The van der Waals surface area contributed by atoms with E-state index in [1.807, 2.05) is 7.05 Å². The fraction of sp³-hybridized carbons (Fsp3) is 0.667. The standard InChI is InChI=1S/C6H14N2S/c1-4-6(8-3)5(2)9-7/h6,8H,2,4,7H2,1,3H3. The number of rotatable bonds is 4. The highest BCUT2D eigenvalue weighted by Crippen LogP contribution is 2.11. The Bertz CT molecular complexity index is 89.1. The maximum Gasteiger partial charge on any atom is 0.0381 e. The molecule has 3 N–H and O–H groups in total. The predicted octanol–water partition coefficient (Wildman–Crippen LogP) is 1.10. The van der Waals surface area contributed by atoms with Crippen molar-refractivity contribution in [3.8, 4) is 0 Å². The second-order valence-electron chi connectivity index (χ2n) is 1.83. The Morgan fingerprint density at radius 2 is 2.44 bits per heavy atom. The van der Waals surface area contributed by atoms with E-state index in [1.54, 1.807) is 0 Å². The summed E-state index contributed by atoms with van der Waals surface area (Å²) >= 11 is 1.23. The second kappa shape index (κ2) is 4.85. The van der Waals surface area contributed by atoms with E-state index >= 15 is 0 Å². The Morgan fingerprint density at radius 1 is 1.89 bits per heavy atom. The zero-order valence-corrected chi connectivity index (χ0v) is 6.79. The molecule has 0 radical (unpaired) electrons. The molecule has 1 unspecified atom stereocenters. The van der Waals surface area contributed by atoms with E-state index < -0.39 is 0 Å². The van der Waals surface area contributed by atoms with Crippen LogP contribution in [0.5, 0.6) is 0 Å². The minimum absolute atomic E-state index is 0.361. The van der Waals surface area contributed by atoms with Crippen LogP contribution in [0.1, 0.15) is 13.3 Å². The molecule has 0 rings (SSSR count). The van der Waals surface area contributed by atoms with Crippen molar-refractivity contribution in [1.29, 1.82) is 0 Å². The van der Waals surface area contributed by atoms with Crippen molar-refractivity contribution in [3.63, 3.8) is 0 Å². The molecule has 54 valence electrons. The van der Waals surface area contributed by atoms with Crippen LogP contribution in [-0.2, 0) is 0 Å². The molecule has 0 amide bonds. The molecule has 0 bridgehead atoms. The summed E-state index contributed by atoms with van der Waals surface area (Å²) in [4.78, 5) is 1.00. The first-order valence-corrected chi connectivity index (χ1v) is 3.87. The molecule has 0 heterocycles. The fourth-order valence-electron chi connectivity index (χ4n) is 0.675. The molecule has 0 aromatic rings. The van der Waals surface area contributed by atoms with Gasteiger partial charge < -0.3 is 5.32 Å². The van der Waals surface area contributed by atoms with Crippen LogP contribution in [0, 0.1) is 0 Å². The van der Waals surface area contributed by atoms with Crippen molar-refractivity contribution < 1.29 is 0 Å². The first-order chi connectivity index (χ1) is 4.26. The van der Waals surface area contributed by atoms with E-state index in [1.165, 1.54) is 11.9 Å². The van der Waals surface area contributed by atoms with Gasteiger partial charge in [0, 0.05) is 10.9 Å². The van der Waals surface area contributed by atoms with Gasteiger partial charge in [-0.3, -0.25) is 5.14 Å². The normalized spacial score (nSPS) is 13.2. The number of nitrogens with two attached hydrogens (primary N) is 1. The summed E-state index contributed by atoms with van der Waals surface area (Å²) in [5, 5.41) is 8.40. The Hall–Kier alpha value is 0.01000. The summed E-state index contributed by atoms with van der Waals surface area (Å²) in [5.74, 6) is 0. The van der Waals surface area contributed by atoms with Gasteiger partial charge in [0.25, 0.3) is 0 Å². The van der Waals surface area contributed by atoms with Gasteiger partial charge in [-0.25, -0.2) is 0 Å². The summed E-state index contributed by atoms with van der Waals surface area (Å²) in [7, 11) is 1.91. The zero-order chi connectivity index (χ0) is 7.28. The quantitative estimate of drug-likeness (QED) is 0.583. The lowest BCUT2D eigenvalue weighted by molar-refractivity contribution is 0.641. The van der Waals surface area contributed by atoms with Gasteiger partial charge in [-0.15, -0.1) is 0 Å². The minimum atomic E-state index is 0.361. The molecule has 0 aromatic heterocycles. The number of hydrogen-bond donors (Lipinski definition) is 2. The average Bonchev–Trinajstić information content (AvgIpc) is 1.90. The predicted molar refractivity (Wildman–Crippen MR) is 44.1 cm³/mol. The van der Waals surface area contributed by atoms with Crippen LogP contribution in [0.4, 0.5) is 0 Å². The van der Waals surface area contributed by atoms with Crippen molar-refractivity contribution in [2.24, 2.45) is 5.14 Å². The van der Waals surface area contributed by atoms with Gasteiger partial charge in [0.2, 0.25) is 0 Å². The van der Waals surface area contributed by atoms with Gasteiger partial charge in [0.1, 0.15) is 0 Å². The van der Waals surface area contributed by atoms with Crippen molar-refractivity contribution in [2.45, 2.75) is 19.4 Å². The molecular weight excluding hydrogens is 132 g/mol. The van der Waals surface area contributed by atoms with Gasteiger partial charge in [-0.2, -0.15) is 0 Å². The van der Waals surface area contributed by atoms with E-state index in [4.69, 9.17) is 5.14 Å². The first-order valence-electron chi connectivity index (χ1n) is 2.99. The van der Waals surface area contributed by atoms with Crippen LogP contribution < -0.4 is 10.5 Å². The molecule has 0 aromatic carbocycles. The molecule has 9 heavy (non-hydrogen) atoms. The zero-order valence-electron chi connectivity index (χ0n) is 5.98. The lowest BCUT2D eigenvalue weighted by Crippen LogP contribution is -2.25. The first kappa shape index (κ1) is 9.01. The van der Waals surface area contributed by atoms with Crippen LogP contribution in [-0.4, -0.2) is 13.1 Å². The highest BCUT2D eigenvalue weighted by Gasteiger charge is 2.04. The number of nitrogens with one attached hydrogen (secondary N) is 1. The molecule has 0 saturated heterocycles. The molecule has 1 atom stereocenters. The van der Waals surface area contributed by atoms with Gasteiger partial charge in [0.05, 0.1) is 0 Å². The van der Waals surface area contributed by atoms with Crippen LogP contribution in [0.3, 0.4) is 0 Å². The lowest BCUT2D eigenvalue weighted by Gasteiger charge is -2.13. The Kier molecular flexibility index (Phi) is 4.85. The molecule has 0 aliphatic heterocycles. The molecule has 0 aliphatic rings. The highest BCUT2D eigenvalue weighted by molar-refractivity contribution is 8.00. The molecule has 0 fully saturated rings. The van der Waals surface area contributed by atoms with Gasteiger partial charge in [-0.05, 0) is 13.5 Å². The fourth-order valence-corrected chi connectivity index (χ4v) is 1.12. The third-order valence-corrected chi connectivity index (χ3v) is 1.88. The maximum absolute atomic E-state index is 5.30. The molecule has 0 spiro atoms. The monoisotopic (exact) mass is 146 g/mol. The van der Waals surface area contributed by atoms with E-state index in [-0.39, 0.29) is 0 Å². The maximum atomic E-state index is 5.30. The molecule has 2 nitrogen and oxygen atoms in total.